The summed E-state index contributed by atoms with van der Waals surface area (Å²) in [6.07, 6.45) is 2.11. The molecule has 0 amide bonds. The molecule has 0 aromatic heterocycles. The zero-order chi connectivity index (χ0) is 18.5. The number of benzene rings is 1. The molecule has 5 heteroatoms. The molecule has 0 saturated heterocycles. The topological polar surface area (TPSA) is 43.4 Å². The number of carbonyl (C=O) groups is 1. The quantitative estimate of drug-likeness (QED) is 0.417. The van der Waals surface area contributed by atoms with E-state index in [0.29, 0.717) is 0 Å². The monoisotopic (exact) mass is 366 g/mol. The zero-order valence-electron chi connectivity index (χ0n) is 15.7. The molecule has 1 aromatic rings. The number of carbonyl (C=O) groups excluding carboxylic acids is 1. The Morgan fingerprint density at radius 2 is 1.83 bits per heavy atom. The van der Waals surface area contributed by atoms with Crippen LogP contribution in [0.4, 0.5) is 0 Å². The highest BCUT2D eigenvalue weighted by molar-refractivity contribution is 7.86. The van der Waals surface area contributed by atoms with Crippen LogP contribution in [0.3, 0.4) is 0 Å². The third-order valence-corrected chi connectivity index (χ3v) is 9.53. The van der Waals surface area contributed by atoms with Crippen LogP contribution in [0, 0.1) is 0 Å². The lowest BCUT2D eigenvalue weighted by Gasteiger charge is -2.26. The van der Waals surface area contributed by atoms with Crippen molar-refractivity contribution in [2.75, 3.05) is 7.11 Å². The SMILES string of the molecule is C=CC[Si](C)(C)c1ccc([C@H](CC(=O)OC)S(=O)C(C)(C)C)cc1. The van der Waals surface area contributed by atoms with Crippen molar-refractivity contribution in [3.05, 3.63) is 42.5 Å². The van der Waals surface area contributed by atoms with Crippen LogP contribution in [0.25, 0.3) is 0 Å². The third-order valence-electron chi connectivity index (χ3n) is 4.16. The molecule has 0 spiro atoms. The average molecular weight is 367 g/mol. The predicted octanol–water partition coefficient (Wildman–Crippen LogP) is 3.94. The van der Waals surface area contributed by atoms with E-state index in [4.69, 9.17) is 4.74 Å². The van der Waals surface area contributed by atoms with Crippen molar-refractivity contribution >= 4 is 30.0 Å². The first kappa shape index (κ1) is 20.8. The van der Waals surface area contributed by atoms with Crippen LogP contribution in [-0.2, 0) is 20.3 Å². The molecule has 1 rings (SSSR count). The molecule has 0 fully saturated rings. The molecule has 2 atom stereocenters. The van der Waals surface area contributed by atoms with Crippen molar-refractivity contribution in [2.24, 2.45) is 0 Å². The van der Waals surface area contributed by atoms with Gasteiger partial charge in [-0.2, -0.15) is 0 Å². The smallest absolute Gasteiger partial charge is 0.307 e. The first-order valence-electron chi connectivity index (χ1n) is 8.21. The van der Waals surface area contributed by atoms with Crippen molar-refractivity contribution in [2.45, 2.75) is 56.3 Å². The highest BCUT2D eigenvalue weighted by atomic mass is 32.2. The van der Waals surface area contributed by atoms with Gasteiger partial charge in [0.15, 0.2) is 0 Å². The van der Waals surface area contributed by atoms with Crippen molar-refractivity contribution < 1.29 is 13.7 Å². The summed E-state index contributed by atoms with van der Waals surface area (Å²) in [4.78, 5) is 11.8. The van der Waals surface area contributed by atoms with Gasteiger partial charge >= 0.3 is 5.97 Å². The van der Waals surface area contributed by atoms with E-state index < -0.39 is 23.6 Å². The molecule has 0 aliphatic carbocycles. The van der Waals surface area contributed by atoms with Gasteiger partial charge in [-0.3, -0.25) is 9.00 Å². The van der Waals surface area contributed by atoms with E-state index in [1.807, 2.05) is 39.0 Å². The van der Waals surface area contributed by atoms with E-state index in [2.05, 4.69) is 31.8 Å². The second kappa shape index (κ2) is 8.25. The fourth-order valence-corrected chi connectivity index (χ4v) is 6.18. The van der Waals surface area contributed by atoms with Crippen LogP contribution < -0.4 is 5.19 Å². The Morgan fingerprint density at radius 1 is 1.29 bits per heavy atom. The number of esters is 1. The molecule has 134 valence electrons. The lowest BCUT2D eigenvalue weighted by Crippen LogP contribution is -2.40. The van der Waals surface area contributed by atoms with Crippen LogP contribution in [0.15, 0.2) is 36.9 Å². The molecule has 0 aliphatic rings. The summed E-state index contributed by atoms with van der Waals surface area (Å²) in [5, 5.41) is 0.986. The van der Waals surface area contributed by atoms with Gasteiger partial charge in [-0.1, -0.05) is 48.6 Å². The summed E-state index contributed by atoms with van der Waals surface area (Å²) >= 11 is 0. The van der Waals surface area contributed by atoms with Crippen LogP contribution in [0.5, 0.6) is 0 Å². The van der Waals surface area contributed by atoms with Crippen LogP contribution in [0.1, 0.15) is 38.0 Å². The van der Waals surface area contributed by atoms with Gasteiger partial charge in [0.2, 0.25) is 0 Å². The summed E-state index contributed by atoms with van der Waals surface area (Å²) in [5.74, 6) is -0.331. The van der Waals surface area contributed by atoms with Gasteiger partial charge < -0.3 is 4.74 Å². The fraction of sp³-hybridized carbons (Fsp3) is 0.526. The molecule has 0 N–H and O–H groups in total. The molecule has 24 heavy (non-hydrogen) atoms. The normalized spacial score (nSPS) is 14.8. The van der Waals surface area contributed by atoms with Gasteiger partial charge in [0, 0.05) is 15.5 Å². The molecule has 3 nitrogen and oxygen atoms in total. The Bertz CT molecular complexity index is 600. The van der Waals surface area contributed by atoms with E-state index in [1.165, 1.54) is 12.3 Å². The molecule has 1 aromatic carbocycles. The summed E-state index contributed by atoms with van der Waals surface area (Å²) in [6.45, 7) is 14.3. The van der Waals surface area contributed by atoms with E-state index >= 15 is 0 Å². The Hall–Kier alpha value is -1.20. The minimum atomic E-state index is -1.53. The number of methoxy groups -OCH3 is 1. The van der Waals surface area contributed by atoms with Gasteiger partial charge in [-0.15, -0.1) is 6.58 Å². The number of rotatable bonds is 7. The van der Waals surface area contributed by atoms with E-state index in [0.717, 1.165) is 11.6 Å². The van der Waals surface area contributed by atoms with E-state index in [-0.39, 0.29) is 17.6 Å². The van der Waals surface area contributed by atoms with Gasteiger partial charge in [-0.25, -0.2) is 0 Å². The first-order chi connectivity index (χ1) is 11.0. The minimum Gasteiger partial charge on any atom is -0.469 e. The molecular formula is C19H30O3SSi. The molecule has 0 radical (unpaired) electrons. The second-order valence-corrected chi connectivity index (χ2v) is 14.8. The Kier molecular flexibility index (Phi) is 7.17. The number of hydrogen-bond donors (Lipinski definition) is 0. The van der Waals surface area contributed by atoms with E-state index in [9.17, 15) is 9.00 Å². The lowest BCUT2D eigenvalue weighted by atomic mass is 10.1. The van der Waals surface area contributed by atoms with Crippen molar-refractivity contribution in [3.63, 3.8) is 0 Å². The minimum absolute atomic E-state index is 0.132. The van der Waals surface area contributed by atoms with Crippen LogP contribution >= 0.6 is 0 Å². The summed E-state index contributed by atoms with van der Waals surface area (Å²) < 4.78 is 17.3. The van der Waals surface area contributed by atoms with Gasteiger partial charge in [0.1, 0.15) is 0 Å². The van der Waals surface area contributed by atoms with Crippen molar-refractivity contribution in [1.82, 2.24) is 0 Å². The molecule has 0 saturated carbocycles. The molecular weight excluding hydrogens is 336 g/mol. The maximum Gasteiger partial charge on any atom is 0.307 e. The summed E-state index contributed by atoms with van der Waals surface area (Å²) in [7, 11) is -1.34. The third kappa shape index (κ3) is 5.41. The molecule has 0 bridgehead atoms. The predicted molar refractivity (Wildman–Crippen MR) is 106 cm³/mol. The molecule has 0 heterocycles. The largest absolute Gasteiger partial charge is 0.469 e. The Balaban J connectivity index is 3.17. The van der Waals surface area contributed by atoms with Crippen molar-refractivity contribution in [3.8, 4) is 0 Å². The Labute approximate surface area is 150 Å². The highest BCUT2D eigenvalue weighted by Crippen LogP contribution is 2.31. The molecule has 1 unspecified atom stereocenters. The molecule has 0 aliphatic heterocycles. The highest BCUT2D eigenvalue weighted by Gasteiger charge is 2.31. The lowest BCUT2D eigenvalue weighted by molar-refractivity contribution is -0.140. The van der Waals surface area contributed by atoms with Crippen molar-refractivity contribution in [1.29, 1.82) is 0 Å². The standard InChI is InChI=1S/C19H30O3SSi/c1-8-13-24(6,7)16-11-9-15(10-12-16)17(14-18(20)22-5)23(21)19(2,3)4/h8-12,17H,1,13-14H2,2-7H3/t17-,23?/m0/s1. The zero-order valence-corrected chi connectivity index (χ0v) is 17.5. The van der Waals surface area contributed by atoms with Gasteiger partial charge in [0.05, 0.1) is 26.9 Å². The average Bonchev–Trinajstić information content (AvgIpc) is 2.51. The maximum absolute atomic E-state index is 12.9. The maximum atomic E-state index is 12.9. The first-order valence-corrected chi connectivity index (χ1v) is 12.6. The number of hydrogen-bond acceptors (Lipinski definition) is 3. The Morgan fingerprint density at radius 3 is 2.25 bits per heavy atom. The summed E-state index contributed by atoms with van der Waals surface area (Å²) in [6, 6.07) is 9.30. The van der Waals surface area contributed by atoms with E-state index in [1.54, 1.807) is 0 Å². The number of ether oxygens (including phenoxy) is 1. The van der Waals surface area contributed by atoms with Crippen LogP contribution in [0.2, 0.25) is 19.1 Å². The van der Waals surface area contributed by atoms with Crippen LogP contribution in [-0.4, -0.2) is 30.1 Å². The van der Waals surface area contributed by atoms with Gasteiger partial charge in [-0.05, 0) is 32.4 Å². The summed E-state index contributed by atoms with van der Waals surface area (Å²) in [5.41, 5.74) is 0.931. The fourth-order valence-electron chi connectivity index (χ4n) is 2.61. The second-order valence-electron chi connectivity index (χ2n) is 7.68. The number of allylic oxidation sites excluding steroid dienone is 1. The van der Waals surface area contributed by atoms with Gasteiger partial charge in [0.25, 0.3) is 0 Å².